The fourth-order valence-corrected chi connectivity index (χ4v) is 6.88. The van der Waals surface area contributed by atoms with Crippen LogP contribution >= 0.6 is 7.60 Å². The van der Waals surface area contributed by atoms with Gasteiger partial charge in [-0.05, 0) is 37.5 Å². The summed E-state index contributed by atoms with van der Waals surface area (Å²) in [5, 5.41) is 0. The molecular weight excluding hydrogens is 435 g/mol. The van der Waals surface area contributed by atoms with Crippen molar-refractivity contribution in [2.75, 3.05) is 19.8 Å². The number of unbranched alkanes of at least 4 members (excludes halogenated alkanes) is 2. The first-order valence-corrected chi connectivity index (χ1v) is 15.5. The summed E-state index contributed by atoms with van der Waals surface area (Å²) in [5.41, 5.74) is -0.246. The van der Waals surface area contributed by atoms with Crippen molar-refractivity contribution in [2.45, 2.75) is 131 Å². The molecule has 0 fully saturated rings. The van der Waals surface area contributed by atoms with Crippen LogP contribution in [-0.2, 0) is 23.1 Å². The van der Waals surface area contributed by atoms with Gasteiger partial charge >= 0.3 is 13.6 Å². The summed E-state index contributed by atoms with van der Waals surface area (Å²) in [6, 6.07) is 0. The summed E-state index contributed by atoms with van der Waals surface area (Å²) in [6.07, 6.45) is 11.6. The second kappa shape index (κ2) is 19.9. The van der Waals surface area contributed by atoms with E-state index in [9.17, 15) is 9.36 Å². The van der Waals surface area contributed by atoms with Gasteiger partial charge in [0.2, 0.25) is 0 Å². The summed E-state index contributed by atoms with van der Waals surface area (Å²) in [5.74, 6) is 0.544. The first-order valence-electron chi connectivity index (χ1n) is 13.9. The molecule has 0 aromatic rings. The highest BCUT2D eigenvalue weighted by Gasteiger charge is 2.41. The predicted octanol–water partition coefficient (Wildman–Crippen LogP) is 8.79. The predicted molar refractivity (Wildman–Crippen MR) is 140 cm³/mol. The minimum atomic E-state index is -3.38. The lowest BCUT2D eigenvalue weighted by atomic mass is 10.00. The average Bonchev–Trinajstić information content (AvgIpc) is 2.83. The maximum Gasteiger partial charge on any atom is 0.334 e. The molecule has 0 bridgehead atoms. The van der Waals surface area contributed by atoms with Gasteiger partial charge in [0, 0.05) is 12.3 Å². The fraction of sp³-hybridized carbons (Fsp3) is 0.963. The first kappa shape index (κ1) is 32.6. The molecule has 0 N–H and O–H groups in total. The number of hydrogen-bond acceptors (Lipinski definition) is 5. The van der Waals surface area contributed by atoms with E-state index in [0.29, 0.717) is 31.5 Å². The Morgan fingerprint density at radius 3 is 1.58 bits per heavy atom. The Hall–Kier alpha value is -0.380. The van der Waals surface area contributed by atoms with Crippen LogP contribution in [0.3, 0.4) is 0 Å². The molecule has 33 heavy (non-hydrogen) atoms. The van der Waals surface area contributed by atoms with Crippen LogP contribution in [0.1, 0.15) is 126 Å². The maximum absolute atomic E-state index is 14.4. The molecule has 0 amide bonds. The molecular formula is C27H55O5P. The molecule has 6 heteroatoms. The zero-order valence-electron chi connectivity index (χ0n) is 22.9. The standard InChI is InChI=1S/C27H55O5P/c1-8-15-18-23(11-4)20-31-33(29,32-21-24(12-5)19-16-9-2)26(17-10-3)25(13-6)22-30-27(28)14-7/h23-26H,8-22H2,1-7H3. The van der Waals surface area contributed by atoms with Crippen molar-refractivity contribution in [3.8, 4) is 0 Å². The zero-order valence-corrected chi connectivity index (χ0v) is 23.8. The lowest BCUT2D eigenvalue weighted by Crippen LogP contribution is -2.29. The van der Waals surface area contributed by atoms with Crippen LogP contribution in [0.4, 0.5) is 0 Å². The summed E-state index contributed by atoms with van der Waals surface area (Å²) in [6.45, 7) is 16.0. The molecule has 0 aliphatic heterocycles. The van der Waals surface area contributed by atoms with E-state index in [-0.39, 0.29) is 24.2 Å². The molecule has 0 saturated carbocycles. The number of carbonyl (C=O) groups is 1. The molecule has 198 valence electrons. The van der Waals surface area contributed by atoms with E-state index < -0.39 is 7.60 Å². The molecule has 0 radical (unpaired) electrons. The van der Waals surface area contributed by atoms with Crippen LogP contribution in [0.25, 0.3) is 0 Å². The van der Waals surface area contributed by atoms with Crippen LogP contribution in [0.2, 0.25) is 0 Å². The van der Waals surface area contributed by atoms with Gasteiger partial charge in [-0.15, -0.1) is 0 Å². The molecule has 0 heterocycles. The number of rotatable bonds is 22. The zero-order chi connectivity index (χ0) is 25.1. The van der Waals surface area contributed by atoms with Crippen molar-refractivity contribution in [2.24, 2.45) is 17.8 Å². The first-order chi connectivity index (χ1) is 15.8. The minimum absolute atomic E-state index is 0.0299. The van der Waals surface area contributed by atoms with Crippen LogP contribution in [0.5, 0.6) is 0 Å². The van der Waals surface area contributed by atoms with Crippen LogP contribution < -0.4 is 0 Å². The highest BCUT2D eigenvalue weighted by atomic mass is 31.2. The molecule has 0 aromatic carbocycles. The van der Waals surface area contributed by atoms with Crippen molar-refractivity contribution < 1.29 is 23.1 Å². The Kier molecular flexibility index (Phi) is 19.6. The Bertz CT molecular complexity index is 501. The highest BCUT2D eigenvalue weighted by molar-refractivity contribution is 7.54. The topological polar surface area (TPSA) is 61.8 Å². The molecule has 0 aliphatic carbocycles. The van der Waals surface area contributed by atoms with E-state index in [0.717, 1.165) is 70.6 Å². The molecule has 0 aliphatic rings. The van der Waals surface area contributed by atoms with E-state index in [1.54, 1.807) is 6.92 Å². The van der Waals surface area contributed by atoms with Gasteiger partial charge in [0.25, 0.3) is 0 Å². The number of esters is 1. The van der Waals surface area contributed by atoms with Crippen molar-refractivity contribution in [1.82, 2.24) is 0 Å². The monoisotopic (exact) mass is 490 g/mol. The average molecular weight is 491 g/mol. The molecule has 4 unspecified atom stereocenters. The van der Waals surface area contributed by atoms with Gasteiger partial charge in [-0.1, -0.05) is 93.4 Å². The SMILES string of the molecule is CCCCC(CC)COP(=O)(OCC(CC)CCCC)C(CCC)C(CC)COC(=O)CC. The van der Waals surface area contributed by atoms with Gasteiger partial charge in [-0.2, -0.15) is 0 Å². The second-order valence-electron chi connectivity index (χ2n) is 9.53. The van der Waals surface area contributed by atoms with E-state index in [1.165, 1.54) is 0 Å². The molecule has 5 nitrogen and oxygen atoms in total. The third-order valence-electron chi connectivity index (χ3n) is 6.87. The summed E-state index contributed by atoms with van der Waals surface area (Å²) in [7, 11) is -3.38. The van der Waals surface area contributed by atoms with Gasteiger partial charge < -0.3 is 13.8 Å². The Labute approximate surface area is 205 Å². The van der Waals surface area contributed by atoms with Gasteiger partial charge in [0.05, 0.1) is 25.5 Å². The number of ether oxygens (including phenoxy) is 1. The Morgan fingerprint density at radius 2 is 1.21 bits per heavy atom. The van der Waals surface area contributed by atoms with Crippen molar-refractivity contribution >= 4 is 13.6 Å². The molecule has 0 rings (SSSR count). The van der Waals surface area contributed by atoms with Crippen LogP contribution in [-0.4, -0.2) is 31.4 Å². The third kappa shape index (κ3) is 13.3. The summed E-state index contributed by atoms with van der Waals surface area (Å²) in [4.78, 5) is 11.8. The summed E-state index contributed by atoms with van der Waals surface area (Å²) < 4.78 is 32.5. The molecule has 4 atom stereocenters. The second-order valence-corrected chi connectivity index (χ2v) is 11.8. The van der Waals surface area contributed by atoms with Crippen molar-refractivity contribution in [3.63, 3.8) is 0 Å². The van der Waals surface area contributed by atoms with E-state index >= 15 is 0 Å². The van der Waals surface area contributed by atoms with Gasteiger partial charge in [0.1, 0.15) is 0 Å². The molecule has 0 spiro atoms. The van der Waals surface area contributed by atoms with Crippen LogP contribution in [0, 0.1) is 17.8 Å². The smallest absolute Gasteiger partial charge is 0.334 e. The van der Waals surface area contributed by atoms with E-state index in [1.807, 2.05) is 0 Å². The van der Waals surface area contributed by atoms with Crippen LogP contribution in [0.15, 0.2) is 0 Å². The highest BCUT2D eigenvalue weighted by Crippen LogP contribution is 2.58. The third-order valence-corrected chi connectivity index (χ3v) is 9.38. The summed E-state index contributed by atoms with van der Waals surface area (Å²) >= 11 is 0. The normalized spacial score (nSPS) is 17.2. The van der Waals surface area contributed by atoms with Gasteiger partial charge in [-0.25, -0.2) is 0 Å². The van der Waals surface area contributed by atoms with Crippen molar-refractivity contribution in [3.05, 3.63) is 0 Å². The quantitative estimate of drug-likeness (QED) is 0.112. The van der Waals surface area contributed by atoms with Crippen molar-refractivity contribution in [1.29, 1.82) is 0 Å². The lowest BCUT2D eigenvalue weighted by Gasteiger charge is -2.34. The Balaban J connectivity index is 5.70. The van der Waals surface area contributed by atoms with Gasteiger partial charge in [-0.3, -0.25) is 9.36 Å². The van der Waals surface area contributed by atoms with Gasteiger partial charge in [0.15, 0.2) is 0 Å². The number of hydrogen-bond donors (Lipinski definition) is 0. The largest absolute Gasteiger partial charge is 0.465 e. The maximum atomic E-state index is 14.4. The Morgan fingerprint density at radius 1 is 0.697 bits per heavy atom. The minimum Gasteiger partial charge on any atom is -0.465 e. The molecule has 0 saturated heterocycles. The van der Waals surface area contributed by atoms with E-state index in [4.69, 9.17) is 13.8 Å². The lowest BCUT2D eigenvalue weighted by molar-refractivity contribution is -0.144. The number of carbonyl (C=O) groups excluding carboxylic acids is 1. The van der Waals surface area contributed by atoms with E-state index in [2.05, 4.69) is 41.5 Å². The molecule has 0 aromatic heterocycles. The fourth-order valence-electron chi connectivity index (χ4n) is 4.19.